The van der Waals surface area contributed by atoms with Crippen LogP contribution in [0.15, 0.2) is 29.3 Å². The molecule has 1 aromatic heterocycles. The number of hydrogen-bond donors (Lipinski definition) is 2. The van der Waals surface area contributed by atoms with Crippen LogP contribution in [0.25, 0.3) is 0 Å². The van der Waals surface area contributed by atoms with Crippen molar-refractivity contribution in [2.75, 3.05) is 20.2 Å². The zero-order valence-corrected chi connectivity index (χ0v) is 19.3. The average molecular weight is 485 g/mol. The van der Waals surface area contributed by atoms with Crippen molar-refractivity contribution in [3.8, 4) is 5.75 Å². The van der Waals surface area contributed by atoms with Gasteiger partial charge in [-0.1, -0.05) is 17.7 Å². The molecule has 1 heterocycles. The fraction of sp³-hybridized carbons (Fsp3) is 0.500. The highest BCUT2D eigenvalue weighted by molar-refractivity contribution is 14.0. The van der Waals surface area contributed by atoms with Gasteiger partial charge in [-0.3, -0.25) is 9.67 Å². The summed E-state index contributed by atoms with van der Waals surface area (Å²) in [7, 11) is 3.76. The second-order valence-corrected chi connectivity index (χ2v) is 6.49. The molecule has 1 aromatic carbocycles. The molecular weight excluding hydrogens is 453 g/mol. The molecule has 0 saturated carbocycles. The minimum atomic E-state index is 0. The zero-order valence-electron chi connectivity index (χ0n) is 17.0. The molecule has 0 spiro atoms. The van der Waals surface area contributed by atoms with Crippen LogP contribution in [0.2, 0.25) is 0 Å². The van der Waals surface area contributed by atoms with Gasteiger partial charge < -0.3 is 15.4 Å². The SMILES string of the molecule is CN=C(NCCCCOc1ccc(C)cc1)NCc1c(C)nn(C)c1C.I. The molecule has 0 aliphatic carbocycles. The average Bonchev–Trinajstić information content (AvgIpc) is 2.87. The molecule has 7 heteroatoms. The summed E-state index contributed by atoms with van der Waals surface area (Å²) in [5.41, 5.74) is 4.71. The minimum Gasteiger partial charge on any atom is -0.494 e. The van der Waals surface area contributed by atoms with E-state index in [0.717, 1.165) is 49.9 Å². The van der Waals surface area contributed by atoms with Crippen LogP contribution in [0.1, 0.15) is 35.4 Å². The van der Waals surface area contributed by atoms with Gasteiger partial charge in [-0.2, -0.15) is 5.10 Å². The van der Waals surface area contributed by atoms with Crippen LogP contribution in [0.4, 0.5) is 0 Å². The highest BCUT2D eigenvalue weighted by Gasteiger charge is 2.09. The summed E-state index contributed by atoms with van der Waals surface area (Å²) in [4.78, 5) is 4.28. The molecule has 6 nitrogen and oxygen atoms in total. The summed E-state index contributed by atoms with van der Waals surface area (Å²) in [5, 5.41) is 11.1. The Morgan fingerprint density at radius 2 is 1.81 bits per heavy atom. The van der Waals surface area contributed by atoms with E-state index in [9.17, 15) is 0 Å². The van der Waals surface area contributed by atoms with Crippen LogP contribution >= 0.6 is 24.0 Å². The van der Waals surface area contributed by atoms with Crippen molar-refractivity contribution in [1.82, 2.24) is 20.4 Å². The lowest BCUT2D eigenvalue weighted by Gasteiger charge is -2.12. The van der Waals surface area contributed by atoms with Crippen LogP contribution in [-0.4, -0.2) is 35.9 Å². The summed E-state index contributed by atoms with van der Waals surface area (Å²) in [6, 6.07) is 8.17. The lowest BCUT2D eigenvalue weighted by atomic mass is 10.2. The summed E-state index contributed by atoms with van der Waals surface area (Å²) in [5.74, 6) is 1.75. The van der Waals surface area contributed by atoms with E-state index in [1.807, 2.05) is 30.8 Å². The van der Waals surface area contributed by atoms with E-state index in [-0.39, 0.29) is 24.0 Å². The third-order valence-electron chi connectivity index (χ3n) is 4.47. The molecule has 0 atom stereocenters. The molecule has 27 heavy (non-hydrogen) atoms. The first-order valence-electron chi connectivity index (χ1n) is 9.14. The van der Waals surface area contributed by atoms with Crippen molar-refractivity contribution in [3.63, 3.8) is 0 Å². The molecule has 0 aliphatic heterocycles. The largest absolute Gasteiger partial charge is 0.494 e. The van der Waals surface area contributed by atoms with Crippen molar-refractivity contribution in [2.24, 2.45) is 12.0 Å². The fourth-order valence-corrected chi connectivity index (χ4v) is 2.72. The monoisotopic (exact) mass is 485 g/mol. The van der Waals surface area contributed by atoms with Gasteiger partial charge in [0.15, 0.2) is 5.96 Å². The molecule has 2 rings (SSSR count). The molecule has 0 saturated heterocycles. The maximum Gasteiger partial charge on any atom is 0.191 e. The first-order valence-corrected chi connectivity index (χ1v) is 9.14. The summed E-state index contributed by atoms with van der Waals surface area (Å²) in [6.45, 7) is 8.51. The number of halogens is 1. The minimum absolute atomic E-state index is 0. The van der Waals surface area contributed by atoms with Crippen molar-refractivity contribution < 1.29 is 4.74 Å². The first-order chi connectivity index (χ1) is 12.5. The van der Waals surface area contributed by atoms with E-state index in [4.69, 9.17) is 4.74 Å². The first kappa shape index (κ1) is 23.3. The number of benzene rings is 1. The van der Waals surface area contributed by atoms with Gasteiger partial charge in [-0.05, 0) is 45.7 Å². The Kier molecular flexibility index (Phi) is 10.2. The smallest absolute Gasteiger partial charge is 0.191 e. The lowest BCUT2D eigenvalue weighted by Crippen LogP contribution is -2.37. The number of aromatic nitrogens is 2. The number of nitrogens with zero attached hydrogens (tertiary/aromatic N) is 3. The highest BCUT2D eigenvalue weighted by atomic mass is 127. The Hall–Kier alpha value is -1.77. The molecule has 2 N–H and O–H groups in total. The Bertz CT molecular complexity index is 725. The van der Waals surface area contributed by atoms with E-state index in [2.05, 4.69) is 46.7 Å². The molecule has 150 valence electrons. The van der Waals surface area contributed by atoms with Crippen molar-refractivity contribution >= 4 is 29.9 Å². The third kappa shape index (κ3) is 7.40. The topological polar surface area (TPSA) is 63.5 Å². The second kappa shape index (κ2) is 11.8. The summed E-state index contributed by atoms with van der Waals surface area (Å²) in [6.07, 6.45) is 2.02. The van der Waals surface area contributed by atoms with Crippen LogP contribution < -0.4 is 15.4 Å². The highest BCUT2D eigenvalue weighted by Crippen LogP contribution is 2.12. The molecule has 0 bridgehead atoms. The second-order valence-electron chi connectivity index (χ2n) is 6.49. The normalized spacial score (nSPS) is 11.1. The van der Waals surface area contributed by atoms with Crippen molar-refractivity contribution in [2.45, 2.75) is 40.2 Å². The number of hydrogen-bond acceptors (Lipinski definition) is 3. The fourth-order valence-electron chi connectivity index (χ4n) is 2.72. The molecule has 0 aliphatic rings. The Labute approximate surface area is 179 Å². The molecule has 0 fully saturated rings. The Morgan fingerprint density at radius 3 is 2.41 bits per heavy atom. The van der Waals surface area contributed by atoms with Gasteiger partial charge in [0.1, 0.15) is 5.75 Å². The van der Waals surface area contributed by atoms with Crippen LogP contribution in [0.5, 0.6) is 5.75 Å². The third-order valence-corrected chi connectivity index (χ3v) is 4.47. The molecule has 0 radical (unpaired) electrons. The zero-order chi connectivity index (χ0) is 18.9. The van der Waals surface area contributed by atoms with E-state index in [1.165, 1.54) is 16.8 Å². The number of ether oxygens (including phenoxy) is 1. The van der Waals surface area contributed by atoms with Crippen LogP contribution in [0, 0.1) is 20.8 Å². The standard InChI is InChI=1S/C20H31N5O.HI/c1-15-8-10-18(11-9-15)26-13-7-6-12-22-20(21-4)23-14-19-16(2)24-25(5)17(19)3;/h8-11H,6-7,12-14H2,1-5H3,(H2,21,22,23);1H. The van der Waals surface area contributed by atoms with Gasteiger partial charge in [0.25, 0.3) is 0 Å². The predicted molar refractivity (Wildman–Crippen MR) is 122 cm³/mol. The van der Waals surface area contributed by atoms with Gasteiger partial charge in [0.05, 0.1) is 12.3 Å². The van der Waals surface area contributed by atoms with Gasteiger partial charge in [-0.25, -0.2) is 0 Å². The van der Waals surface area contributed by atoms with Gasteiger partial charge in [0, 0.05) is 38.4 Å². The van der Waals surface area contributed by atoms with Crippen LogP contribution in [-0.2, 0) is 13.6 Å². The quantitative estimate of drug-likeness (QED) is 0.260. The molecule has 0 amide bonds. The predicted octanol–water partition coefficient (Wildman–Crippen LogP) is 3.49. The molecule has 2 aromatic rings. The molecular formula is C20H32IN5O. The Balaban J connectivity index is 0.00000364. The Morgan fingerprint density at radius 1 is 1.11 bits per heavy atom. The van der Waals surface area contributed by atoms with E-state index >= 15 is 0 Å². The maximum atomic E-state index is 5.75. The van der Waals surface area contributed by atoms with Gasteiger partial charge >= 0.3 is 0 Å². The van der Waals surface area contributed by atoms with Crippen molar-refractivity contribution in [1.29, 1.82) is 0 Å². The van der Waals surface area contributed by atoms with Crippen LogP contribution in [0.3, 0.4) is 0 Å². The number of guanidine groups is 1. The van der Waals surface area contributed by atoms with E-state index in [1.54, 1.807) is 7.05 Å². The number of unbranched alkanes of at least 4 members (excludes halogenated alkanes) is 1. The summed E-state index contributed by atoms with van der Waals surface area (Å²) < 4.78 is 7.66. The van der Waals surface area contributed by atoms with Crippen molar-refractivity contribution in [3.05, 3.63) is 46.8 Å². The number of nitrogens with one attached hydrogen (secondary N) is 2. The van der Waals surface area contributed by atoms with Gasteiger partial charge in [0.2, 0.25) is 0 Å². The number of aryl methyl sites for hydroxylation is 3. The summed E-state index contributed by atoms with van der Waals surface area (Å²) >= 11 is 0. The van der Waals surface area contributed by atoms with Gasteiger partial charge in [-0.15, -0.1) is 24.0 Å². The number of aliphatic imine (C=N–C) groups is 1. The number of rotatable bonds is 8. The van der Waals surface area contributed by atoms with E-state index < -0.39 is 0 Å². The molecule has 0 unspecified atom stereocenters. The lowest BCUT2D eigenvalue weighted by molar-refractivity contribution is 0.307. The maximum absolute atomic E-state index is 5.75. The van der Waals surface area contributed by atoms with E-state index in [0.29, 0.717) is 0 Å².